The summed E-state index contributed by atoms with van der Waals surface area (Å²) >= 11 is 6.14. The molecule has 1 aromatic heterocycles. The van der Waals surface area contributed by atoms with Gasteiger partial charge in [0.2, 0.25) is 11.8 Å². The van der Waals surface area contributed by atoms with Crippen molar-refractivity contribution in [2.24, 2.45) is 11.8 Å². The van der Waals surface area contributed by atoms with Crippen molar-refractivity contribution in [1.82, 2.24) is 29.5 Å². The molecular weight excluding hydrogens is 442 g/mol. The summed E-state index contributed by atoms with van der Waals surface area (Å²) < 4.78 is 1.59. The van der Waals surface area contributed by atoms with Crippen LogP contribution < -0.4 is 5.32 Å². The third-order valence-corrected chi connectivity index (χ3v) is 6.55. The third-order valence-electron chi connectivity index (χ3n) is 6.31. The van der Waals surface area contributed by atoms with Gasteiger partial charge in [0, 0.05) is 44.3 Å². The Morgan fingerprint density at radius 3 is 2.36 bits per heavy atom. The van der Waals surface area contributed by atoms with Gasteiger partial charge in [-0.3, -0.25) is 19.4 Å². The largest absolute Gasteiger partial charge is 0.341 e. The highest BCUT2D eigenvalue weighted by molar-refractivity contribution is 6.31. The van der Waals surface area contributed by atoms with E-state index in [1.165, 1.54) is 12.7 Å². The molecule has 0 aliphatic carbocycles. The lowest BCUT2D eigenvalue weighted by molar-refractivity contribution is -0.135. The van der Waals surface area contributed by atoms with Gasteiger partial charge in [0.25, 0.3) is 0 Å². The molecule has 2 atom stereocenters. The molecule has 0 unspecified atom stereocenters. The Labute approximate surface area is 199 Å². The van der Waals surface area contributed by atoms with Crippen molar-refractivity contribution in [3.05, 3.63) is 35.9 Å². The standard InChI is InChI=1S/C23H32ClN7O2/c1-17-9-18(2)12-30(11-17)23(33)14-29-7-5-28(6-8-29)13-22(32)27-20-10-19(24)3-4-21(20)31-16-25-15-26-31/h3-4,10,15-18H,5-9,11-14H2,1-2H3,(H,27,32)/t17-,18-/m0/s1. The number of halogens is 1. The minimum atomic E-state index is -0.112. The predicted octanol–water partition coefficient (Wildman–Crippen LogP) is 1.98. The second-order valence-corrected chi connectivity index (χ2v) is 9.78. The van der Waals surface area contributed by atoms with Gasteiger partial charge in [0.15, 0.2) is 0 Å². The summed E-state index contributed by atoms with van der Waals surface area (Å²) in [5.74, 6) is 1.25. The van der Waals surface area contributed by atoms with Crippen LogP contribution >= 0.6 is 11.6 Å². The number of piperazine rings is 1. The Bertz CT molecular complexity index is 950. The number of anilines is 1. The van der Waals surface area contributed by atoms with E-state index in [0.29, 0.717) is 34.8 Å². The first kappa shape index (κ1) is 23.7. The van der Waals surface area contributed by atoms with Gasteiger partial charge in [0.1, 0.15) is 12.7 Å². The number of nitrogens with one attached hydrogen (secondary N) is 1. The number of rotatable bonds is 6. The maximum Gasteiger partial charge on any atom is 0.238 e. The summed E-state index contributed by atoms with van der Waals surface area (Å²) in [5.41, 5.74) is 1.29. The molecule has 1 N–H and O–H groups in total. The van der Waals surface area contributed by atoms with Gasteiger partial charge in [0.05, 0.1) is 24.5 Å². The molecule has 0 radical (unpaired) electrons. The molecule has 9 nitrogen and oxygen atoms in total. The molecule has 0 bridgehead atoms. The Balaban J connectivity index is 1.25. The van der Waals surface area contributed by atoms with Crippen LogP contribution in [0.4, 0.5) is 5.69 Å². The van der Waals surface area contributed by atoms with Crippen LogP contribution in [0.3, 0.4) is 0 Å². The Hall–Kier alpha value is -2.49. The van der Waals surface area contributed by atoms with Crippen LogP contribution in [0.1, 0.15) is 20.3 Å². The highest BCUT2D eigenvalue weighted by atomic mass is 35.5. The quantitative estimate of drug-likeness (QED) is 0.690. The number of nitrogens with zero attached hydrogens (tertiary/aromatic N) is 6. The van der Waals surface area contributed by atoms with Gasteiger partial charge in [-0.15, -0.1) is 0 Å². The van der Waals surface area contributed by atoms with Gasteiger partial charge in [-0.05, 0) is 36.5 Å². The van der Waals surface area contributed by atoms with Gasteiger partial charge in [-0.1, -0.05) is 25.4 Å². The summed E-state index contributed by atoms with van der Waals surface area (Å²) in [6.45, 7) is 9.97. The third kappa shape index (κ3) is 6.31. The second-order valence-electron chi connectivity index (χ2n) is 9.35. The molecule has 33 heavy (non-hydrogen) atoms. The van der Waals surface area contributed by atoms with Crippen molar-refractivity contribution >= 4 is 29.1 Å². The predicted molar refractivity (Wildman–Crippen MR) is 127 cm³/mol. The maximum absolute atomic E-state index is 12.8. The molecule has 10 heteroatoms. The number of hydrogen-bond acceptors (Lipinski definition) is 6. The molecule has 2 aliphatic heterocycles. The smallest absolute Gasteiger partial charge is 0.238 e. The number of amides is 2. The van der Waals surface area contributed by atoms with E-state index in [1.54, 1.807) is 29.2 Å². The zero-order valence-electron chi connectivity index (χ0n) is 19.3. The number of hydrogen-bond donors (Lipinski definition) is 1. The normalized spacial score (nSPS) is 22.3. The van der Waals surface area contributed by atoms with Gasteiger partial charge in [-0.2, -0.15) is 5.10 Å². The number of aromatic nitrogens is 3. The maximum atomic E-state index is 12.8. The van der Waals surface area contributed by atoms with E-state index < -0.39 is 0 Å². The van der Waals surface area contributed by atoms with Gasteiger partial charge in [-0.25, -0.2) is 9.67 Å². The molecule has 2 fully saturated rings. The van der Waals surface area contributed by atoms with E-state index in [1.807, 2.05) is 4.90 Å². The lowest BCUT2D eigenvalue weighted by Gasteiger charge is -2.38. The fourth-order valence-electron chi connectivity index (χ4n) is 4.80. The average Bonchev–Trinajstić information content (AvgIpc) is 3.29. The topological polar surface area (TPSA) is 86.6 Å². The number of carbonyl (C=O) groups excluding carboxylic acids is 2. The molecule has 4 rings (SSSR count). The van der Waals surface area contributed by atoms with Crippen molar-refractivity contribution in [2.75, 3.05) is 57.7 Å². The van der Waals surface area contributed by atoms with E-state index in [-0.39, 0.29) is 18.4 Å². The molecule has 178 valence electrons. The Morgan fingerprint density at radius 1 is 1.06 bits per heavy atom. The van der Waals surface area contributed by atoms with E-state index in [4.69, 9.17) is 11.6 Å². The van der Waals surface area contributed by atoms with Crippen LogP contribution in [-0.4, -0.2) is 93.6 Å². The summed E-state index contributed by atoms with van der Waals surface area (Å²) in [4.78, 5) is 35.8. The SMILES string of the molecule is C[C@H]1C[C@H](C)CN(C(=O)CN2CCN(CC(=O)Nc3cc(Cl)ccc3-n3cncn3)CC2)C1. The lowest BCUT2D eigenvalue weighted by Crippen LogP contribution is -2.52. The fourth-order valence-corrected chi connectivity index (χ4v) is 4.97. The van der Waals surface area contributed by atoms with Crippen molar-refractivity contribution in [3.8, 4) is 5.69 Å². The highest BCUT2D eigenvalue weighted by Crippen LogP contribution is 2.24. The minimum absolute atomic E-state index is 0.112. The van der Waals surface area contributed by atoms with E-state index >= 15 is 0 Å². The molecular formula is C23H32ClN7O2. The first-order valence-electron chi connectivity index (χ1n) is 11.5. The van der Waals surface area contributed by atoms with Crippen LogP contribution in [0, 0.1) is 11.8 Å². The van der Waals surface area contributed by atoms with Gasteiger partial charge < -0.3 is 10.2 Å². The Kier molecular flexibility index (Phi) is 7.62. The molecule has 2 saturated heterocycles. The van der Waals surface area contributed by atoms with Crippen LogP contribution in [0.15, 0.2) is 30.9 Å². The van der Waals surface area contributed by atoms with E-state index in [2.05, 4.69) is 39.0 Å². The monoisotopic (exact) mass is 473 g/mol. The fraction of sp³-hybridized carbons (Fsp3) is 0.565. The summed E-state index contributed by atoms with van der Waals surface area (Å²) in [5, 5.41) is 7.62. The lowest BCUT2D eigenvalue weighted by atomic mass is 9.92. The number of benzene rings is 1. The van der Waals surface area contributed by atoms with E-state index in [9.17, 15) is 9.59 Å². The first-order chi connectivity index (χ1) is 15.9. The molecule has 2 amide bonds. The van der Waals surface area contributed by atoms with Crippen LogP contribution in [0.5, 0.6) is 0 Å². The average molecular weight is 474 g/mol. The minimum Gasteiger partial charge on any atom is -0.341 e. The first-order valence-corrected chi connectivity index (χ1v) is 11.9. The molecule has 2 aliphatic rings. The summed E-state index contributed by atoms with van der Waals surface area (Å²) in [6, 6.07) is 5.26. The van der Waals surface area contributed by atoms with Gasteiger partial charge >= 0.3 is 0 Å². The van der Waals surface area contributed by atoms with Crippen molar-refractivity contribution in [2.45, 2.75) is 20.3 Å². The zero-order valence-corrected chi connectivity index (χ0v) is 20.0. The molecule has 0 saturated carbocycles. The molecule has 0 spiro atoms. The van der Waals surface area contributed by atoms with Crippen molar-refractivity contribution in [3.63, 3.8) is 0 Å². The molecule has 1 aromatic carbocycles. The highest BCUT2D eigenvalue weighted by Gasteiger charge is 2.28. The Morgan fingerprint density at radius 2 is 1.73 bits per heavy atom. The number of carbonyl (C=O) groups is 2. The van der Waals surface area contributed by atoms with E-state index in [0.717, 1.165) is 39.3 Å². The van der Waals surface area contributed by atoms with Crippen LogP contribution in [0.2, 0.25) is 5.02 Å². The molecule has 2 aromatic rings. The van der Waals surface area contributed by atoms with Crippen molar-refractivity contribution in [1.29, 1.82) is 0 Å². The zero-order chi connectivity index (χ0) is 23.4. The van der Waals surface area contributed by atoms with Crippen LogP contribution in [-0.2, 0) is 9.59 Å². The van der Waals surface area contributed by atoms with Crippen LogP contribution in [0.25, 0.3) is 5.69 Å². The summed E-state index contributed by atoms with van der Waals surface area (Å²) in [6.07, 6.45) is 4.21. The van der Waals surface area contributed by atoms with Crippen molar-refractivity contribution < 1.29 is 9.59 Å². The second kappa shape index (κ2) is 10.6. The number of piperidine rings is 1. The number of likely N-dealkylation sites (tertiary alicyclic amines) is 1. The molecule has 3 heterocycles. The summed E-state index contributed by atoms with van der Waals surface area (Å²) in [7, 11) is 0.